The first-order chi connectivity index (χ1) is 8.44. The van der Waals surface area contributed by atoms with Crippen LogP contribution in [0.4, 0.5) is 0 Å². The summed E-state index contributed by atoms with van der Waals surface area (Å²) >= 11 is 3.53. The number of thiol groups is 1. The molecule has 0 aliphatic heterocycles. The Morgan fingerprint density at radius 1 is 1.28 bits per heavy atom. The summed E-state index contributed by atoms with van der Waals surface area (Å²) in [6, 6.07) is 7.82. The fourth-order valence-electron chi connectivity index (χ4n) is 0.990. The summed E-state index contributed by atoms with van der Waals surface area (Å²) in [7, 11) is -3.61. The SMILES string of the molecule is CCOCC.N=C(S)NS(=O)(=O)c1ccccc1. The van der Waals surface area contributed by atoms with Crippen molar-refractivity contribution in [3.8, 4) is 0 Å². The molecular formula is C11H18N2O3S2. The fraction of sp³-hybridized carbons (Fsp3) is 0.364. The monoisotopic (exact) mass is 290 g/mol. The van der Waals surface area contributed by atoms with Crippen LogP contribution in [0.25, 0.3) is 0 Å². The summed E-state index contributed by atoms with van der Waals surface area (Å²) < 4.78 is 29.5. The van der Waals surface area contributed by atoms with Crippen LogP contribution in [-0.2, 0) is 14.8 Å². The Morgan fingerprint density at radius 3 is 2.11 bits per heavy atom. The van der Waals surface area contributed by atoms with Gasteiger partial charge >= 0.3 is 0 Å². The van der Waals surface area contributed by atoms with E-state index in [1.54, 1.807) is 18.2 Å². The van der Waals surface area contributed by atoms with Crippen molar-refractivity contribution < 1.29 is 13.2 Å². The number of hydrogen-bond acceptors (Lipinski definition) is 4. The number of rotatable bonds is 4. The zero-order valence-corrected chi connectivity index (χ0v) is 12.1. The average molecular weight is 290 g/mol. The quantitative estimate of drug-likeness (QED) is 0.450. The first-order valence-electron chi connectivity index (χ1n) is 5.37. The smallest absolute Gasteiger partial charge is 0.263 e. The van der Waals surface area contributed by atoms with Gasteiger partial charge in [0.1, 0.15) is 0 Å². The predicted molar refractivity (Wildman–Crippen MR) is 75.6 cm³/mol. The third-order valence-electron chi connectivity index (χ3n) is 1.69. The topological polar surface area (TPSA) is 79.2 Å². The van der Waals surface area contributed by atoms with Crippen LogP contribution in [0.1, 0.15) is 13.8 Å². The molecule has 0 aliphatic carbocycles. The van der Waals surface area contributed by atoms with Crippen LogP contribution >= 0.6 is 12.6 Å². The van der Waals surface area contributed by atoms with Crippen molar-refractivity contribution in [2.24, 2.45) is 0 Å². The van der Waals surface area contributed by atoms with Gasteiger partial charge in [0, 0.05) is 13.2 Å². The van der Waals surface area contributed by atoms with E-state index in [4.69, 9.17) is 10.1 Å². The molecule has 102 valence electrons. The Balaban J connectivity index is 0.000000494. The van der Waals surface area contributed by atoms with E-state index >= 15 is 0 Å². The third kappa shape index (κ3) is 7.31. The predicted octanol–water partition coefficient (Wildman–Crippen LogP) is 1.87. The van der Waals surface area contributed by atoms with Crippen LogP contribution in [0, 0.1) is 5.41 Å². The molecule has 2 N–H and O–H groups in total. The van der Waals surface area contributed by atoms with Crippen molar-refractivity contribution in [3.05, 3.63) is 30.3 Å². The van der Waals surface area contributed by atoms with Crippen molar-refractivity contribution in [1.29, 1.82) is 5.41 Å². The molecule has 0 amide bonds. The Bertz CT molecular complexity index is 445. The first kappa shape index (κ1) is 16.9. The molecule has 5 nitrogen and oxygen atoms in total. The summed E-state index contributed by atoms with van der Waals surface area (Å²) in [5.41, 5.74) is 0. The second-order valence-electron chi connectivity index (χ2n) is 3.05. The Kier molecular flexibility index (Phi) is 8.43. The van der Waals surface area contributed by atoms with Crippen molar-refractivity contribution in [1.82, 2.24) is 4.72 Å². The highest BCUT2D eigenvalue weighted by atomic mass is 32.2. The Labute approximate surface area is 114 Å². The summed E-state index contributed by atoms with van der Waals surface area (Å²) in [6.45, 7) is 5.67. The summed E-state index contributed by atoms with van der Waals surface area (Å²) in [5.74, 6) is 0. The molecule has 0 saturated carbocycles. The van der Waals surface area contributed by atoms with Gasteiger partial charge in [0.25, 0.3) is 10.0 Å². The van der Waals surface area contributed by atoms with Crippen molar-refractivity contribution >= 4 is 27.8 Å². The molecule has 7 heteroatoms. The van der Waals surface area contributed by atoms with Gasteiger partial charge in [0.2, 0.25) is 0 Å². The normalized spacial score (nSPS) is 10.2. The van der Waals surface area contributed by atoms with Crippen LogP contribution in [-0.4, -0.2) is 26.8 Å². The van der Waals surface area contributed by atoms with E-state index in [0.29, 0.717) is 0 Å². The minimum atomic E-state index is -3.61. The first-order valence-corrected chi connectivity index (χ1v) is 7.30. The number of nitrogens with one attached hydrogen (secondary N) is 2. The molecule has 0 spiro atoms. The fourth-order valence-corrected chi connectivity index (χ4v) is 2.24. The molecule has 0 heterocycles. The lowest BCUT2D eigenvalue weighted by Gasteiger charge is -2.04. The van der Waals surface area contributed by atoms with Crippen LogP contribution in [0.5, 0.6) is 0 Å². The van der Waals surface area contributed by atoms with Gasteiger partial charge < -0.3 is 4.74 Å². The lowest BCUT2D eigenvalue weighted by atomic mass is 10.4. The molecule has 18 heavy (non-hydrogen) atoms. The number of sulfonamides is 1. The lowest BCUT2D eigenvalue weighted by Crippen LogP contribution is -2.26. The highest BCUT2D eigenvalue weighted by Crippen LogP contribution is 2.06. The van der Waals surface area contributed by atoms with E-state index < -0.39 is 15.2 Å². The van der Waals surface area contributed by atoms with E-state index in [9.17, 15) is 8.42 Å². The molecule has 1 rings (SSSR count). The summed E-state index contributed by atoms with van der Waals surface area (Å²) in [5, 5.41) is 6.47. The molecule has 0 aromatic heterocycles. The van der Waals surface area contributed by atoms with Gasteiger partial charge in [-0.2, -0.15) is 0 Å². The summed E-state index contributed by atoms with van der Waals surface area (Å²) in [4.78, 5) is 0.119. The molecule has 0 atom stereocenters. The van der Waals surface area contributed by atoms with Crippen LogP contribution < -0.4 is 4.72 Å². The van der Waals surface area contributed by atoms with Gasteiger partial charge in [-0.05, 0) is 26.0 Å². The van der Waals surface area contributed by atoms with E-state index in [2.05, 4.69) is 12.6 Å². The highest BCUT2D eigenvalue weighted by molar-refractivity contribution is 8.00. The van der Waals surface area contributed by atoms with Gasteiger partial charge in [-0.3, -0.25) is 10.1 Å². The number of benzene rings is 1. The molecule has 0 saturated heterocycles. The Morgan fingerprint density at radius 2 is 1.78 bits per heavy atom. The lowest BCUT2D eigenvalue weighted by molar-refractivity contribution is 0.162. The minimum Gasteiger partial charge on any atom is -0.382 e. The van der Waals surface area contributed by atoms with Gasteiger partial charge in [-0.15, -0.1) is 12.6 Å². The number of ether oxygens (including phenoxy) is 1. The van der Waals surface area contributed by atoms with E-state index in [-0.39, 0.29) is 4.90 Å². The van der Waals surface area contributed by atoms with Gasteiger partial charge in [0.15, 0.2) is 5.17 Å². The standard InChI is InChI=1S/C7H8N2O2S2.C4H10O/c8-7(12)9-13(10,11)6-4-2-1-3-5-6;1-3-5-4-2/h1-5H,(H3,8,9,12);3-4H2,1-2H3. The zero-order valence-electron chi connectivity index (χ0n) is 10.4. The molecule has 0 fully saturated rings. The maximum absolute atomic E-state index is 11.3. The van der Waals surface area contributed by atoms with Crippen molar-refractivity contribution in [2.45, 2.75) is 18.7 Å². The maximum atomic E-state index is 11.3. The summed E-state index contributed by atoms with van der Waals surface area (Å²) in [6.07, 6.45) is 0. The second-order valence-corrected chi connectivity index (χ2v) is 5.18. The molecule has 1 aromatic carbocycles. The molecule has 1 aromatic rings. The number of hydrogen-bond donors (Lipinski definition) is 3. The maximum Gasteiger partial charge on any atom is 0.263 e. The molecule has 0 radical (unpaired) electrons. The van der Waals surface area contributed by atoms with Gasteiger partial charge in [-0.25, -0.2) is 8.42 Å². The van der Waals surface area contributed by atoms with E-state index in [0.717, 1.165) is 13.2 Å². The highest BCUT2D eigenvalue weighted by Gasteiger charge is 2.12. The van der Waals surface area contributed by atoms with Gasteiger partial charge in [-0.1, -0.05) is 18.2 Å². The molecule has 0 aliphatic rings. The van der Waals surface area contributed by atoms with Crippen molar-refractivity contribution in [3.63, 3.8) is 0 Å². The van der Waals surface area contributed by atoms with E-state index in [1.807, 2.05) is 18.6 Å². The van der Waals surface area contributed by atoms with E-state index in [1.165, 1.54) is 12.1 Å². The van der Waals surface area contributed by atoms with Gasteiger partial charge in [0.05, 0.1) is 4.90 Å². The number of amidine groups is 1. The molecular weight excluding hydrogens is 272 g/mol. The zero-order chi connectivity index (χ0) is 14.0. The van der Waals surface area contributed by atoms with Crippen LogP contribution in [0.2, 0.25) is 0 Å². The van der Waals surface area contributed by atoms with Crippen LogP contribution in [0.3, 0.4) is 0 Å². The largest absolute Gasteiger partial charge is 0.382 e. The molecule has 0 unspecified atom stereocenters. The van der Waals surface area contributed by atoms with Crippen LogP contribution in [0.15, 0.2) is 35.2 Å². The third-order valence-corrected chi connectivity index (χ3v) is 3.32. The minimum absolute atomic E-state index is 0.119. The molecule has 0 bridgehead atoms. The average Bonchev–Trinajstić information content (AvgIpc) is 2.30. The van der Waals surface area contributed by atoms with Crippen molar-refractivity contribution in [2.75, 3.05) is 13.2 Å². The second kappa shape index (κ2) is 8.96. The Hall–Kier alpha value is -1.05.